The number of ketones is 2. The molecule has 120 valence electrons. The summed E-state index contributed by atoms with van der Waals surface area (Å²) < 4.78 is 18.1. The Kier molecular flexibility index (Phi) is 5.58. The summed E-state index contributed by atoms with van der Waals surface area (Å²) in [7, 11) is 1.20. The van der Waals surface area contributed by atoms with Crippen LogP contribution in [-0.4, -0.2) is 24.6 Å². The Morgan fingerprint density at radius 1 is 1.27 bits per heavy atom. The lowest BCUT2D eigenvalue weighted by molar-refractivity contribution is -0.147. The monoisotopic (exact) mass is 308 g/mol. The lowest BCUT2D eigenvalue weighted by atomic mass is 9.72. The molecule has 0 aromatic heterocycles. The number of esters is 1. The summed E-state index contributed by atoms with van der Waals surface area (Å²) in [5.41, 5.74) is -0.344. The molecule has 1 aromatic rings. The molecule has 1 atom stereocenters. The van der Waals surface area contributed by atoms with Crippen molar-refractivity contribution in [2.24, 2.45) is 11.3 Å². The Morgan fingerprint density at radius 3 is 2.32 bits per heavy atom. The third-order valence-electron chi connectivity index (χ3n) is 3.63. The van der Waals surface area contributed by atoms with Gasteiger partial charge >= 0.3 is 5.97 Å². The van der Waals surface area contributed by atoms with Gasteiger partial charge in [0.05, 0.1) is 7.11 Å². The van der Waals surface area contributed by atoms with Gasteiger partial charge in [0.25, 0.3) is 0 Å². The van der Waals surface area contributed by atoms with Crippen LogP contribution in [0.15, 0.2) is 18.2 Å². The smallest absolute Gasteiger partial charge is 0.317 e. The van der Waals surface area contributed by atoms with Crippen molar-refractivity contribution >= 4 is 17.5 Å². The number of methoxy groups -OCH3 is 1. The first kappa shape index (κ1) is 18.0. The van der Waals surface area contributed by atoms with Gasteiger partial charge in [-0.15, -0.1) is 0 Å². The van der Waals surface area contributed by atoms with Crippen LogP contribution in [0.1, 0.15) is 43.1 Å². The third kappa shape index (κ3) is 4.00. The average Bonchev–Trinajstić information content (AvgIpc) is 2.39. The molecule has 1 unspecified atom stereocenters. The van der Waals surface area contributed by atoms with Crippen LogP contribution in [-0.2, 0) is 14.3 Å². The fourth-order valence-electron chi connectivity index (χ4n) is 2.61. The van der Waals surface area contributed by atoms with Crippen molar-refractivity contribution in [2.45, 2.75) is 34.1 Å². The number of halogens is 1. The second-order valence-electron chi connectivity index (χ2n) is 6.15. The number of hydrogen-bond donors (Lipinski definition) is 0. The molecule has 1 rings (SSSR count). The highest BCUT2D eigenvalue weighted by Gasteiger charge is 2.42. The molecule has 0 aliphatic heterocycles. The maximum Gasteiger partial charge on any atom is 0.317 e. The van der Waals surface area contributed by atoms with Gasteiger partial charge in [0.15, 0.2) is 5.78 Å². The molecule has 0 bridgehead atoms. The number of carbonyl (C=O) groups excluding carboxylic acids is 3. The zero-order chi connectivity index (χ0) is 17.1. The molecule has 0 saturated heterocycles. The van der Waals surface area contributed by atoms with Crippen LogP contribution in [0.25, 0.3) is 0 Å². The second-order valence-corrected chi connectivity index (χ2v) is 6.15. The van der Waals surface area contributed by atoms with Crippen LogP contribution in [0, 0.1) is 24.1 Å². The van der Waals surface area contributed by atoms with E-state index in [1.807, 2.05) is 0 Å². The molecule has 0 radical (unpaired) electrons. The van der Waals surface area contributed by atoms with E-state index in [0.717, 1.165) is 0 Å². The molecular weight excluding hydrogens is 287 g/mol. The zero-order valence-corrected chi connectivity index (χ0v) is 13.5. The second kappa shape index (κ2) is 6.81. The van der Waals surface area contributed by atoms with E-state index in [9.17, 15) is 18.8 Å². The number of ether oxygens (including phenoxy) is 1. The summed E-state index contributed by atoms with van der Waals surface area (Å²) in [6.07, 6.45) is 0.0681. The van der Waals surface area contributed by atoms with Crippen LogP contribution in [0.5, 0.6) is 0 Å². The van der Waals surface area contributed by atoms with Gasteiger partial charge in [-0.05, 0) is 43.0 Å². The minimum absolute atomic E-state index is 0.0681. The minimum atomic E-state index is -1.12. The van der Waals surface area contributed by atoms with E-state index in [1.165, 1.54) is 32.2 Å². The Morgan fingerprint density at radius 2 is 1.86 bits per heavy atom. The molecule has 0 aliphatic carbocycles. The molecule has 0 fully saturated rings. The van der Waals surface area contributed by atoms with Crippen LogP contribution < -0.4 is 0 Å². The van der Waals surface area contributed by atoms with Gasteiger partial charge in [-0.3, -0.25) is 9.59 Å². The number of carbonyl (C=O) groups is 3. The maximum atomic E-state index is 13.3. The molecular formula is C17H21FO4. The van der Waals surface area contributed by atoms with Crippen LogP contribution in [0.3, 0.4) is 0 Å². The van der Waals surface area contributed by atoms with Gasteiger partial charge < -0.3 is 9.53 Å². The molecule has 0 aliphatic rings. The topological polar surface area (TPSA) is 60.4 Å². The Bertz CT molecular complexity index is 605. The molecule has 1 aromatic carbocycles. The van der Waals surface area contributed by atoms with E-state index in [0.29, 0.717) is 5.56 Å². The molecule has 0 saturated carbocycles. The largest absolute Gasteiger partial charge is 0.468 e. The minimum Gasteiger partial charge on any atom is -0.468 e. The maximum absolute atomic E-state index is 13.3. The highest BCUT2D eigenvalue weighted by Crippen LogP contribution is 2.34. The van der Waals surface area contributed by atoms with Crippen LogP contribution in [0.2, 0.25) is 0 Å². The first-order valence-electron chi connectivity index (χ1n) is 6.97. The zero-order valence-electron chi connectivity index (χ0n) is 13.5. The predicted molar refractivity (Wildman–Crippen MR) is 80.1 cm³/mol. The van der Waals surface area contributed by atoms with Crippen LogP contribution >= 0.6 is 0 Å². The Balaban J connectivity index is 3.27. The lowest BCUT2D eigenvalue weighted by Crippen LogP contribution is -2.39. The number of Topliss-reactive ketones (excluding diaryl/α,β-unsaturated/α-hetero) is 2. The van der Waals surface area contributed by atoms with Crippen molar-refractivity contribution in [1.82, 2.24) is 0 Å². The number of benzene rings is 1. The van der Waals surface area contributed by atoms with Crippen molar-refractivity contribution < 1.29 is 23.5 Å². The SMILES string of the molecule is COC(=O)C(C(=O)c1ccc(F)c(C)c1)C(C)(C)CC(C)=O. The van der Waals surface area contributed by atoms with Crippen LogP contribution in [0.4, 0.5) is 4.39 Å². The molecule has 0 heterocycles. The summed E-state index contributed by atoms with van der Waals surface area (Å²) in [6, 6.07) is 3.93. The summed E-state index contributed by atoms with van der Waals surface area (Å²) in [4.78, 5) is 36.2. The van der Waals surface area contributed by atoms with Crippen molar-refractivity contribution in [1.29, 1.82) is 0 Å². The van der Waals surface area contributed by atoms with Crippen molar-refractivity contribution in [3.63, 3.8) is 0 Å². The van der Waals surface area contributed by atoms with Crippen molar-refractivity contribution in [3.8, 4) is 0 Å². The number of aryl methyl sites for hydroxylation is 1. The molecule has 0 amide bonds. The fraction of sp³-hybridized carbons (Fsp3) is 0.471. The average molecular weight is 308 g/mol. The molecule has 0 N–H and O–H groups in total. The number of rotatable bonds is 6. The standard InChI is InChI=1S/C17H21FO4/c1-10-8-12(6-7-13(10)18)15(20)14(16(21)22-5)17(3,4)9-11(2)19/h6-8,14H,9H2,1-5H3. The lowest BCUT2D eigenvalue weighted by Gasteiger charge is -2.30. The van der Waals surface area contributed by atoms with Gasteiger partial charge in [-0.2, -0.15) is 0 Å². The predicted octanol–water partition coefficient (Wildman–Crippen LogP) is 3.11. The van der Waals surface area contributed by atoms with E-state index in [-0.39, 0.29) is 17.8 Å². The van der Waals surface area contributed by atoms with E-state index < -0.39 is 28.9 Å². The summed E-state index contributed by atoms with van der Waals surface area (Å²) in [6.45, 7) is 6.29. The summed E-state index contributed by atoms with van der Waals surface area (Å²) >= 11 is 0. The van der Waals surface area contributed by atoms with E-state index in [4.69, 9.17) is 4.74 Å². The molecule has 0 spiro atoms. The van der Waals surface area contributed by atoms with E-state index >= 15 is 0 Å². The summed E-state index contributed by atoms with van der Waals surface area (Å²) in [5.74, 6) is -2.83. The van der Waals surface area contributed by atoms with E-state index in [1.54, 1.807) is 20.8 Å². The van der Waals surface area contributed by atoms with Gasteiger partial charge in [-0.25, -0.2) is 4.39 Å². The quantitative estimate of drug-likeness (QED) is 0.460. The van der Waals surface area contributed by atoms with E-state index in [2.05, 4.69) is 0 Å². The normalized spacial score (nSPS) is 12.6. The Hall–Kier alpha value is -2.04. The molecule has 5 heteroatoms. The Labute approximate surface area is 129 Å². The number of hydrogen-bond acceptors (Lipinski definition) is 4. The van der Waals surface area contributed by atoms with Gasteiger partial charge in [-0.1, -0.05) is 13.8 Å². The first-order valence-corrected chi connectivity index (χ1v) is 6.97. The highest BCUT2D eigenvalue weighted by molar-refractivity contribution is 6.09. The first-order chi connectivity index (χ1) is 10.1. The highest BCUT2D eigenvalue weighted by atomic mass is 19.1. The van der Waals surface area contributed by atoms with Gasteiger partial charge in [0.2, 0.25) is 0 Å². The van der Waals surface area contributed by atoms with Gasteiger partial charge in [0.1, 0.15) is 17.5 Å². The molecule has 4 nitrogen and oxygen atoms in total. The van der Waals surface area contributed by atoms with Crippen molar-refractivity contribution in [2.75, 3.05) is 7.11 Å². The fourth-order valence-corrected chi connectivity index (χ4v) is 2.61. The molecule has 22 heavy (non-hydrogen) atoms. The van der Waals surface area contributed by atoms with Gasteiger partial charge in [0, 0.05) is 12.0 Å². The van der Waals surface area contributed by atoms with Crippen molar-refractivity contribution in [3.05, 3.63) is 35.1 Å². The third-order valence-corrected chi connectivity index (χ3v) is 3.63. The summed E-state index contributed by atoms with van der Waals surface area (Å²) in [5, 5.41) is 0.